The SMILES string of the molecule is CC(=O)C1=CCC(C(C)=O)(C(N)=O)C=C1. The average molecular weight is 207 g/mol. The minimum Gasteiger partial charge on any atom is -0.369 e. The summed E-state index contributed by atoms with van der Waals surface area (Å²) in [7, 11) is 0. The Morgan fingerprint density at radius 3 is 2.20 bits per heavy atom. The van der Waals surface area contributed by atoms with E-state index >= 15 is 0 Å². The number of rotatable bonds is 3. The van der Waals surface area contributed by atoms with E-state index in [0.29, 0.717) is 5.57 Å². The third-order valence-electron chi connectivity index (χ3n) is 2.67. The van der Waals surface area contributed by atoms with Crippen LogP contribution in [-0.2, 0) is 14.4 Å². The fraction of sp³-hybridized carbons (Fsp3) is 0.364. The third-order valence-corrected chi connectivity index (χ3v) is 2.67. The molecular formula is C11H13NO3. The van der Waals surface area contributed by atoms with Crippen LogP contribution in [0.25, 0.3) is 0 Å². The minimum atomic E-state index is -1.26. The van der Waals surface area contributed by atoms with Crippen LogP contribution in [0.3, 0.4) is 0 Å². The molecule has 0 saturated heterocycles. The highest BCUT2D eigenvalue weighted by atomic mass is 16.2. The average Bonchev–Trinajstić information content (AvgIpc) is 2.17. The molecule has 1 aliphatic carbocycles. The summed E-state index contributed by atoms with van der Waals surface area (Å²) in [5, 5.41) is 0. The first-order chi connectivity index (χ1) is 6.90. The summed E-state index contributed by atoms with van der Waals surface area (Å²) in [6.45, 7) is 2.75. The van der Waals surface area contributed by atoms with E-state index in [1.54, 1.807) is 6.08 Å². The Morgan fingerprint density at radius 2 is 1.93 bits per heavy atom. The van der Waals surface area contributed by atoms with Gasteiger partial charge < -0.3 is 5.73 Å². The van der Waals surface area contributed by atoms with Gasteiger partial charge in [0.2, 0.25) is 5.91 Å². The van der Waals surface area contributed by atoms with Crippen LogP contribution in [0.4, 0.5) is 0 Å². The summed E-state index contributed by atoms with van der Waals surface area (Å²) in [6.07, 6.45) is 4.66. The molecule has 0 bridgehead atoms. The molecule has 15 heavy (non-hydrogen) atoms. The molecule has 0 spiro atoms. The first-order valence-electron chi connectivity index (χ1n) is 4.61. The zero-order chi connectivity index (χ0) is 11.6. The van der Waals surface area contributed by atoms with Crippen molar-refractivity contribution in [1.82, 2.24) is 0 Å². The topological polar surface area (TPSA) is 77.2 Å². The van der Waals surface area contributed by atoms with Crippen molar-refractivity contribution >= 4 is 17.5 Å². The van der Waals surface area contributed by atoms with Gasteiger partial charge in [0.1, 0.15) is 11.2 Å². The first kappa shape index (κ1) is 11.4. The van der Waals surface area contributed by atoms with Crippen LogP contribution >= 0.6 is 0 Å². The van der Waals surface area contributed by atoms with Gasteiger partial charge in [-0.3, -0.25) is 14.4 Å². The lowest BCUT2D eigenvalue weighted by atomic mass is 9.76. The van der Waals surface area contributed by atoms with E-state index in [1.807, 2.05) is 0 Å². The van der Waals surface area contributed by atoms with Crippen molar-refractivity contribution in [1.29, 1.82) is 0 Å². The number of hydrogen-bond acceptors (Lipinski definition) is 3. The maximum atomic E-state index is 11.4. The molecule has 2 N–H and O–H groups in total. The van der Waals surface area contributed by atoms with Gasteiger partial charge in [0.25, 0.3) is 0 Å². The van der Waals surface area contributed by atoms with Crippen molar-refractivity contribution in [2.45, 2.75) is 20.3 Å². The highest BCUT2D eigenvalue weighted by Crippen LogP contribution is 2.30. The van der Waals surface area contributed by atoms with Crippen molar-refractivity contribution in [2.75, 3.05) is 0 Å². The van der Waals surface area contributed by atoms with E-state index < -0.39 is 11.3 Å². The number of hydrogen-bond donors (Lipinski definition) is 1. The Hall–Kier alpha value is -1.71. The van der Waals surface area contributed by atoms with Crippen LogP contribution in [-0.4, -0.2) is 17.5 Å². The summed E-state index contributed by atoms with van der Waals surface area (Å²) >= 11 is 0. The van der Waals surface area contributed by atoms with Gasteiger partial charge in [0.05, 0.1) is 0 Å². The van der Waals surface area contributed by atoms with Crippen LogP contribution in [0.2, 0.25) is 0 Å². The zero-order valence-electron chi connectivity index (χ0n) is 8.74. The number of amides is 1. The van der Waals surface area contributed by atoms with E-state index in [2.05, 4.69) is 0 Å². The quantitative estimate of drug-likeness (QED) is 0.685. The van der Waals surface area contributed by atoms with Gasteiger partial charge in [-0.1, -0.05) is 18.2 Å². The number of nitrogens with two attached hydrogens (primary N) is 1. The molecule has 4 heteroatoms. The molecule has 0 aliphatic heterocycles. The highest BCUT2D eigenvalue weighted by molar-refractivity contribution is 6.08. The number of carbonyl (C=O) groups excluding carboxylic acids is 3. The van der Waals surface area contributed by atoms with Gasteiger partial charge in [0.15, 0.2) is 5.78 Å². The molecule has 0 aromatic carbocycles. The Labute approximate surface area is 87.8 Å². The number of Topliss-reactive ketones (excluding diaryl/α,β-unsaturated/α-hetero) is 2. The minimum absolute atomic E-state index is 0.0899. The lowest BCUT2D eigenvalue weighted by Crippen LogP contribution is -2.41. The Bertz CT molecular complexity index is 377. The van der Waals surface area contributed by atoms with E-state index in [9.17, 15) is 14.4 Å². The summed E-state index contributed by atoms with van der Waals surface area (Å²) in [6, 6.07) is 0. The molecule has 0 radical (unpaired) electrons. The molecule has 1 unspecified atom stereocenters. The second-order valence-electron chi connectivity index (χ2n) is 3.64. The van der Waals surface area contributed by atoms with E-state index in [4.69, 9.17) is 5.73 Å². The molecule has 0 saturated carbocycles. The van der Waals surface area contributed by atoms with Crippen LogP contribution in [0.1, 0.15) is 20.3 Å². The van der Waals surface area contributed by atoms with E-state index in [0.717, 1.165) is 0 Å². The molecule has 1 amide bonds. The summed E-state index contributed by atoms with van der Waals surface area (Å²) < 4.78 is 0. The van der Waals surface area contributed by atoms with E-state index in [-0.39, 0.29) is 18.0 Å². The molecule has 1 rings (SSSR count). The lowest BCUT2D eigenvalue weighted by molar-refractivity contribution is -0.135. The number of primary amides is 1. The van der Waals surface area contributed by atoms with Gasteiger partial charge in [0, 0.05) is 5.57 Å². The molecule has 80 valence electrons. The first-order valence-corrected chi connectivity index (χ1v) is 4.61. The molecule has 0 heterocycles. The molecule has 0 aromatic rings. The van der Waals surface area contributed by atoms with Crippen LogP contribution in [0.15, 0.2) is 23.8 Å². The van der Waals surface area contributed by atoms with Gasteiger partial charge in [-0.05, 0) is 20.3 Å². The Balaban J connectivity index is 3.05. The molecule has 0 aromatic heterocycles. The fourth-order valence-electron chi connectivity index (χ4n) is 1.52. The molecule has 1 atom stereocenters. The normalized spacial score (nSPS) is 24.5. The lowest BCUT2D eigenvalue weighted by Gasteiger charge is -2.25. The zero-order valence-corrected chi connectivity index (χ0v) is 8.74. The second kappa shape index (κ2) is 3.81. The Kier molecular flexibility index (Phi) is 2.88. The molecular weight excluding hydrogens is 194 g/mol. The van der Waals surface area contributed by atoms with Crippen LogP contribution < -0.4 is 5.73 Å². The van der Waals surface area contributed by atoms with Crippen LogP contribution in [0.5, 0.6) is 0 Å². The maximum absolute atomic E-state index is 11.4. The van der Waals surface area contributed by atoms with Crippen LogP contribution in [0, 0.1) is 5.41 Å². The van der Waals surface area contributed by atoms with Crippen molar-refractivity contribution < 1.29 is 14.4 Å². The number of carbonyl (C=O) groups is 3. The number of allylic oxidation sites excluding steroid dienone is 3. The highest BCUT2D eigenvalue weighted by Gasteiger charge is 2.39. The fourth-order valence-corrected chi connectivity index (χ4v) is 1.52. The maximum Gasteiger partial charge on any atom is 0.235 e. The predicted molar refractivity (Wildman–Crippen MR) is 54.8 cm³/mol. The summed E-state index contributed by atoms with van der Waals surface area (Å²) in [4.78, 5) is 33.6. The molecule has 4 nitrogen and oxygen atoms in total. The molecule has 1 aliphatic rings. The van der Waals surface area contributed by atoms with Gasteiger partial charge in [-0.2, -0.15) is 0 Å². The monoisotopic (exact) mass is 207 g/mol. The standard InChI is InChI=1S/C11H13NO3/c1-7(13)9-3-5-11(6-4-9,8(2)14)10(12)15/h3-5H,6H2,1-2H3,(H2,12,15). The predicted octanol–water partition coefficient (Wildman–Crippen LogP) is 0.522. The summed E-state index contributed by atoms with van der Waals surface area (Å²) in [5.74, 6) is -1.07. The van der Waals surface area contributed by atoms with Crippen molar-refractivity contribution in [3.05, 3.63) is 23.8 Å². The number of ketones is 2. The van der Waals surface area contributed by atoms with Crippen molar-refractivity contribution in [3.63, 3.8) is 0 Å². The van der Waals surface area contributed by atoms with Crippen molar-refractivity contribution in [2.24, 2.45) is 11.1 Å². The summed E-state index contributed by atoms with van der Waals surface area (Å²) in [5.41, 5.74) is 4.44. The Morgan fingerprint density at radius 1 is 1.33 bits per heavy atom. The largest absolute Gasteiger partial charge is 0.369 e. The van der Waals surface area contributed by atoms with E-state index in [1.165, 1.54) is 26.0 Å². The second-order valence-corrected chi connectivity index (χ2v) is 3.64. The van der Waals surface area contributed by atoms with Gasteiger partial charge in [-0.25, -0.2) is 0 Å². The molecule has 0 fully saturated rings. The van der Waals surface area contributed by atoms with Gasteiger partial charge >= 0.3 is 0 Å². The third kappa shape index (κ3) is 1.88. The van der Waals surface area contributed by atoms with Gasteiger partial charge in [-0.15, -0.1) is 0 Å². The smallest absolute Gasteiger partial charge is 0.235 e. The van der Waals surface area contributed by atoms with Crippen molar-refractivity contribution in [3.8, 4) is 0 Å².